The summed E-state index contributed by atoms with van der Waals surface area (Å²) in [5.41, 5.74) is 2.85. The van der Waals surface area contributed by atoms with Gasteiger partial charge in [0.15, 0.2) is 0 Å². The third-order valence-corrected chi connectivity index (χ3v) is 8.98. The summed E-state index contributed by atoms with van der Waals surface area (Å²) in [5, 5.41) is 8.34. The van der Waals surface area contributed by atoms with E-state index in [1.165, 1.54) is 34.2 Å². The molecule has 2 fully saturated rings. The van der Waals surface area contributed by atoms with Crippen molar-refractivity contribution >= 4 is 11.4 Å². The molecule has 0 N–H and O–H groups in total. The van der Waals surface area contributed by atoms with Crippen molar-refractivity contribution in [1.29, 1.82) is 0 Å². The van der Waals surface area contributed by atoms with Crippen LogP contribution in [0.5, 0.6) is 5.75 Å². The van der Waals surface area contributed by atoms with Crippen LogP contribution in [0.3, 0.4) is 0 Å². The van der Waals surface area contributed by atoms with Crippen molar-refractivity contribution in [3.8, 4) is 11.4 Å². The van der Waals surface area contributed by atoms with Gasteiger partial charge in [-0.05, 0) is 67.1 Å². The number of benzene rings is 3. The molecule has 7 rings (SSSR count). The molecule has 2 aliphatic rings. The monoisotopic (exact) mass is 702 g/mol. The Balaban J connectivity index is 0.904. The summed E-state index contributed by atoms with van der Waals surface area (Å²) < 4.78 is 56.8. The second kappa shape index (κ2) is 15.4. The lowest BCUT2D eigenvalue weighted by molar-refractivity contribution is -0.192. The lowest BCUT2D eigenvalue weighted by Crippen LogP contribution is -2.46. The summed E-state index contributed by atoms with van der Waals surface area (Å²) in [6.07, 6.45) is 4.82. The van der Waals surface area contributed by atoms with E-state index in [1.54, 1.807) is 10.9 Å². The van der Waals surface area contributed by atoms with Crippen LogP contribution >= 0.6 is 0 Å². The summed E-state index contributed by atoms with van der Waals surface area (Å²) in [5.74, 6) is -2.31. The van der Waals surface area contributed by atoms with Gasteiger partial charge < -0.3 is 28.7 Å². The first-order valence-corrected chi connectivity index (χ1v) is 17.1. The van der Waals surface area contributed by atoms with E-state index in [1.807, 2.05) is 55.5 Å². The Morgan fingerprint density at radius 2 is 1.59 bits per heavy atom. The molecular formula is C36H40F2N8O5. The number of aromatic nitrogens is 6. The van der Waals surface area contributed by atoms with Crippen LogP contribution in [0.1, 0.15) is 18.9 Å². The van der Waals surface area contributed by atoms with E-state index in [9.17, 15) is 13.6 Å². The highest BCUT2D eigenvalue weighted by molar-refractivity contribution is 5.54. The molecule has 5 aromatic rings. The molecule has 2 aliphatic heterocycles. The molecule has 13 nitrogen and oxygen atoms in total. The molecule has 0 saturated carbocycles. The number of halogens is 2. The molecule has 0 bridgehead atoms. The summed E-state index contributed by atoms with van der Waals surface area (Å²) >= 11 is 0. The lowest BCUT2D eigenvalue weighted by Gasteiger charge is -2.37. The quantitative estimate of drug-likeness (QED) is 0.157. The van der Waals surface area contributed by atoms with Gasteiger partial charge in [0.1, 0.15) is 55.6 Å². The van der Waals surface area contributed by atoms with Gasteiger partial charge in [-0.3, -0.25) is 0 Å². The highest BCUT2D eigenvalue weighted by atomic mass is 19.1. The number of ether oxygens (including phenoxy) is 4. The van der Waals surface area contributed by atoms with Crippen LogP contribution in [-0.2, 0) is 33.1 Å². The maximum atomic E-state index is 14.9. The van der Waals surface area contributed by atoms with Crippen molar-refractivity contribution in [2.75, 3.05) is 62.4 Å². The molecule has 0 spiro atoms. The van der Waals surface area contributed by atoms with Gasteiger partial charge in [-0.25, -0.2) is 32.5 Å². The minimum absolute atomic E-state index is 0.0307. The van der Waals surface area contributed by atoms with Crippen molar-refractivity contribution in [2.24, 2.45) is 0 Å². The van der Waals surface area contributed by atoms with Crippen LogP contribution in [0.15, 0.2) is 90.5 Å². The molecule has 0 aliphatic carbocycles. The van der Waals surface area contributed by atoms with Gasteiger partial charge in [-0.2, -0.15) is 10.2 Å². The molecule has 0 amide bonds. The minimum Gasteiger partial charge on any atom is -0.491 e. The maximum absolute atomic E-state index is 14.9. The molecule has 2 aromatic heterocycles. The molecule has 2 atom stereocenters. The van der Waals surface area contributed by atoms with Gasteiger partial charge in [-0.15, -0.1) is 0 Å². The van der Waals surface area contributed by atoms with Crippen molar-refractivity contribution in [3.05, 3.63) is 113 Å². The van der Waals surface area contributed by atoms with Crippen molar-refractivity contribution in [2.45, 2.75) is 38.3 Å². The van der Waals surface area contributed by atoms with Gasteiger partial charge >= 0.3 is 5.69 Å². The molecule has 3 aromatic carbocycles. The average molecular weight is 703 g/mol. The van der Waals surface area contributed by atoms with Crippen molar-refractivity contribution in [1.82, 2.24) is 29.1 Å². The molecule has 2 unspecified atom stereocenters. The van der Waals surface area contributed by atoms with Crippen molar-refractivity contribution < 1.29 is 27.7 Å². The van der Waals surface area contributed by atoms with Crippen LogP contribution < -0.4 is 20.2 Å². The third kappa shape index (κ3) is 7.80. The highest BCUT2D eigenvalue weighted by Gasteiger charge is 2.46. The Kier molecular flexibility index (Phi) is 10.4. The van der Waals surface area contributed by atoms with E-state index in [2.05, 4.69) is 25.0 Å². The van der Waals surface area contributed by atoms with E-state index in [0.717, 1.165) is 55.7 Å². The number of anilines is 2. The Bertz CT molecular complexity index is 1930. The fourth-order valence-corrected chi connectivity index (χ4v) is 6.34. The average Bonchev–Trinajstić information content (AvgIpc) is 3.91. The molecular weight excluding hydrogens is 662 g/mol. The second-order valence-electron chi connectivity index (χ2n) is 12.4. The van der Waals surface area contributed by atoms with E-state index in [-0.39, 0.29) is 31.0 Å². The zero-order valence-electron chi connectivity index (χ0n) is 28.3. The van der Waals surface area contributed by atoms with E-state index in [0.29, 0.717) is 25.5 Å². The summed E-state index contributed by atoms with van der Waals surface area (Å²) in [6.45, 7) is 7.32. The van der Waals surface area contributed by atoms with Crippen LogP contribution in [0, 0.1) is 11.6 Å². The van der Waals surface area contributed by atoms with E-state index in [4.69, 9.17) is 18.9 Å². The smallest absolute Gasteiger partial charge is 0.350 e. The highest BCUT2D eigenvalue weighted by Crippen LogP contribution is 2.38. The SMILES string of the molecule is CCCOCCn1ncn(-c2ccc(N3CCN(c4ccc(OCC5COC(Cn6cncn6)(c6ccc(F)cc6F)O5)cc4)CC3)cc2)c1=O. The molecule has 51 heavy (non-hydrogen) atoms. The maximum Gasteiger partial charge on any atom is 0.350 e. The van der Waals surface area contributed by atoms with Gasteiger partial charge in [0.2, 0.25) is 5.79 Å². The summed E-state index contributed by atoms with van der Waals surface area (Å²) in [4.78, 5) is 21.4. The van der Waals surface area contributed by atoms with Crippen molar-refractivity contribution in [3.63, 3.8) is 0 Å². The second-order valence-corrected chi connectivity index (χ2v) is 12.4. The topological polar surface area (TPSA) is 114 Å². The summed E-state index contributed by atoms with van der Waals surface area (Å²) in [6, 6.07) is 19.2. The first kappa shape index (κ1) is 34.3. The normalized spacial score (nSPS) is 19.2. The Labute approximate surface area is 293 Å². The van der Waals surface area contributed by atoms with Gasteiger partial charge in [0.05, 0.1) is 25.4 Å². The van der Waals surface area contributed by atoms with E-state index >= 15 is 0 Å². The van der Waals surface area contributed by atoms with Crippen LogP contribution in [0.4, 0.5) is 20.2 Å². The minimum atomic E-state index is -1.51. The predicted octanol–water partition coefficient (Wildman–Crippen LogP) is 4.00. The molecule has 4 heterocycles. The fourth-order valence-electron chi connectivity index (χ4n) is 6.34. The number of rotatable bonds is 14. The lowest BCUT2D eigenvalue weighted by atomic mass is 10.0. The van der Waals surface area contributed by atoms with Gasteiger partial charge in [0, 0.05) is 55.8 Å². The first-order chi connectivity index (χ1) is 24.9. The number of nitrogens with zero attached hydrogens (tertiary/aromatic N) is 8. The van der Waals surface area contributed by atoms with Crippen LogP contribution in [-0.4, -0.2) is 87.8 Å². The Morgan fingerprint density at radius 3 is 2.25 bits per heavy atom. The predicted molar refractivity (Wildman–Crippen MR) is 184 cm³/mol. The zero-order valence-corrected chi connectivity index (χ0v) is 28.3. The summed E-state index contributed by atoms with van der Waals surface area (Å²) in [7, 11) is 0. The van der Waals surface area contributed by atoms with E-state index < -0.39 is 23.5 Å². The molecule has 268 valence electrons. The molecule has 0 radical (unpaired) electrons. The zero-order chi connectivity index (χ0) is 35.2. The molecule has 15 heteroatoms. The Morgan fingerprint density at radius 1 is 0.882 bits per heavy atom. The number of hydrogen-bond acceptors (Lipinski definition) is 10. The number of hydrogen-bond donors (Lipinski definition) is 0. The van der Waals surface area contributed by atoms with Gasteiger partial charge in [0.25, 0.3) is 0 Å². The first-order valence-electron chi connectivity index (χ1n) is 17.1. The largest absolute Gasteiger partial charge is 0.491 e. The number of piperazine rings is 1. The van der Waals surface area contributed by atoms with Crippen LogP contribution in [0.2, 0.25) is 0 Å². The Hall–Kier alpha value is -5.12. The fraction of sp³-hybridized carbons (Fsp3) is 0.389. The molecule has 2 saturated heterocycles. The standard InChI is InChI=1S/C36H40F2N8O5/c1-2-18-48-19-17-46-35(47)45(26-41-46)30-6-4-28(5-7-30)42-13-15-43(16-14-42)29-8-10-31(11-9-29)49-21-32-22-50-36(51-32,23-44-25-39-24-40-44)33-12-3-27(37)20-34(33)38/h3-12,20,24-26,32H,2,13-19,21-23H2,1H3. The van der Waals surface area contributed by atoms with Gasteiger partial charge in [-0.1, -0.05) is 6.92 Å². The third-order valence-electron chi connectivity index (χ3n) is 8.98. The van der Waals surface area contributed by atoms with Crippen LogP contribution in [0.25, 0.3) is 5.69 Å².